The molecule has 1 rings (SSSR count). The molecule has 100 valence electrons. The number of ether oxygens (including phenoxy) is 1. The van der Waals surface area contributed by atoms with Gasteiger partial charge in [0, 0.05) is 13.6 Å². The molecule has 0 spiro atoms. The Labute approximate surface area is 110 Å². The van der Waals surface area contributed by atoms with Crippen LogP contribution < -0.4 is 0 Å². The molecule has 0 fully saturated rings. The van der Waals surface area contributed by atoms with Crippen LogP contribution in [0.5, 0.6) is 0 Å². The van der Waals surface area contributed by atoms with Gasteiger partial charge in [0.05, 0.1) is 25.9 Å². The van der Waals surface area contributed by atoms with Crippen molar-refractivity contribution < 1.29 is 17.9 Å². The molecule has 7 nitrogen and oxygen atoms in total. The number of carbonyl (C=O) groups excluding carboxylic acids is 1. The van der Waals surface area contributed by atoms with E-state index in [0.29, 0.717) is 0 Å². The molecule has 0 saturated heterocycles. The van der Waals surface area contributed by atoms with Crippen molar-refractivity contribution in [1.82, 2.24) is 14.3 Å². The summed E-state index contributed by atoms with van der Waals surface area (Å²) in [6.07, 6.45) is 2.19. The summed E-state index contributed by atoms with van der Waals surface area (Å²) >= 11 is 5.47. The van der Waals surface area contributed by atoms with Gasteiger partial charge in [-0.25, -0.2) is 22.7 Å². The monoisotopic (exact) mass is 293 g/mol. The summed E-state index contributed by atoms with van der Waals surface area (Å²) in [7, 11) is -1.12. The molecule has 1 heterocycles. The number of hydrogen-bond acceptors (Lipinski definition) is 6. The van der Waals surface area contributed by atoms with E-state index in [4.69, 9.17) is 11.6 Å². The van der Waals surface area contributed by atoms with Gasteiger partial charge in [-0.3, -0.25) is 4.79 Å². The van der Waals surface area contributed by atoms with Gasteiger partial charge in [-0.2, -0.15) is 0 Å². The second-order valence-electron chi connectivity index (χ2n) is 3.34. The average Bonchev–Trinajstić information content (AvgIpc) is 2.35. The number of halogens is 1. The third kappa shape index (κ3) is 3.62. The second kappa shape index (κ2) is 6.07. The molecule has 0 N–H and O–H groups in total. The lowest BCUT2D eigenvalue weighted by Gasteiger charge is -2.15. The van der Waals surface area contributed by atoms with Crippen LogP contribution in [0.1, 0.15) is 6.42 Å². The van der Waals surface area contributed by atoms with E-state index in [1.54, 1.807) is 0 Å². The van der Waals surface area contributed by atoms with E-state index in [9.17, 15) is 13.2 Å². The molecule has 0 aliphatic rings. The highest BCUT2D eigenvalue weighted by atomic mass is 35.5. The molecule has 0 saturated carbocycles. The van der Waals surface area contributed by atoms with Crippen LogP contribution in [0.2, 0.25) is 5.28 Å². The maximum atomic E-state index is 12.0. The zero-order valence-electron chi connectivity index (χ0n) is 9.83. The lowest BCUT2D eigenvalue weighted by atomic mass is 10.4. The van der Waals surface area contributed by atoms with Gasteiger partial charge in [-0.15, -0.1) is 0 Å². The van der Waals surface area contributed by atoms with E-state index in [2.05, 4.69) is 14.7 Å². The highest BCUT2D eigenvalue weighted by molar-refractivity contribution is 7.89. The SMILES string of the molecule is COC(=O)CCN(C)S(=O)(=O)c1cnc(Cl)nc1. The quantitative estimate of drug-likeness (QED) is 0.573. The van der Waals surface area contributed by atoms with Crippen molar-refractivity contribution in [1.29, 1.82) is 0 Å². The largest absolute Gasteiger partial charge is 0.469 e. The minimum absolute atomic E-state index is 0.0115. The highest BCUT2D eigenvalue weighted by Gasteiger charge is 2.22. The predicted octanol–water partition coefficient (Wildman–Crippen LogP) is 0.314. The molecular formula is C9H12ClN3O4S. The maximum absolute atomic E-state index is 12.0. The predicted molar refractivity (Wildman–Crippen MR) is 63.5 cm³/mol. The first-order valence-corrected chi connectivity index (χ1v) is 6.70. The molecule has 18 heavy (non-hydrogen) atoms. The number of esters is 1. The summed E-state index contributed by atoms with van der Waals surface area (Å²) < 4.78 is 29.4. The number of hydrogen-bond donors (Lipinski definition) is 0. The first-order valence-electron chi connectivity index (χ1n) is 4.88. The summed E-state index contributed by atoms with van der Waals surface area (Å²) in [5.74, 6) is -0.482. The standard InChI is InChI=1S/C9H12ClN3O4S/c1-13(4-3-8(14)17-2)18(15,16)7-5-11-9(10)12-6-7/h5-6H,3-4H2,1-2H3. The van der Waals surface area contributed by atoms with Crippen LogP contribution in [0.25, 0.3) is 0 Å². The Morgan fingerprint density at radius 1 is 1.44 bits per heavy atom. The van der Waals surface area contributed by atoms with Crippen molar-refractivity contribution in [2.24, 2.45) is 0 Å². The fourth-order valence-electron chi connectivity index (χ4n) is 1.08. The van der Waals surface area contributed by atoms with Crippen molar-refractivity contribution in [3.63, 3.8) is 0 Å². The van der Waals surface area contributed by atoms with Gasteiger partial charge in [0.1, 0.15) is 4.90 Å². The summed E-state index contributed by atoms with van der Waals surface area (Å²) in [5.41, 5.74) is 0. The number of sulfonamides is 1. The van der Waals surface area contributed by atoms with Crippen LogP contribution >= 0.6 is 11.6 Å². The Kier molecular flexibility index (Phi) is 5.00. The van der Waals surface area contributed by atoms with Crippen LogP contribution in [-0.4, -0.2) is 49.4 Å². The first kappa shape index (κ1) is 14.8. The van der Waals surface area contributed by atoms with Crippen LogP contribution in [-0.2, 0) is 19.6 Å². The fraction of sp³-hybridized carbons (Fsp3) is 0.444. The lowest BCUT2D eigenvalue weighted by molar-refractivity contribution is -0.140. The molecule has 1 aromatic heterocycles. The van der Waals surface area contributed by atoms with Crippen molar-refractivity contribution in [2.45, 2.75) is 11.3 Å². The molecule has 0 unspecified atom stereocenters. The molecular weight excluding hydrogens is 282 g/mol. The third-order valence-corrected chi connectivity index (χ3v) is 4.17. The van der Waals surface area contributed by atoms with Gasteiger partial charge in [0.25, 0.3) is 0 Å². The number of rotatable bonds is 5. The maximum Gasteiger partial charge on any atom is 0.306 e. The molecule has 1 aromatic rings. The van der Waals surface area contributed by atoms with Gasteiger partial charge in [0.15, 0.2) is 0 Å². The Hall–Kier alpha value is -1.25. The lowest BCUT2D eigenvalue weighted by Crippen LogP contribution is -2.29. The van der Waals surface area contributed by atoms with Gasteiger partial charge in [-0.1, -0.05) is 0 Å². The summed E-state index contributed by atoms with van der Waals surface area (Å²) in [6.45, 7) is 0.0115. The summed E-state index contributed by atoms with van der Waals surface area (Å²) in [4.78, 5) is 18.0. The fourth-order valence-corrected chi connectivity index (χ4v) is 2.25. The third-order valence-electron chi connectivity index (χ3n) is 2.16. The van der Waals surface area contributed by atoms with E-state index in [1.807, 2.05) is 0 Å². The van der Waals surface area contributed by atoms with Crippen LogP contribution in [0.4, 0.5) is 0 Å². The van der Waals surface area contributed by atoms with Crippen molar-refractivity contribution in [3.05, 3.63) is 17.7 Å². The molecule has 0 bridgehead atoms. The summed E-state index contributed by atoms with van der Waals surface area (Å²) in [5, 5.41) is -0.0360. The highest BCUT2D eigenvalue weighted by Crippen LogP contribution is 2.13. The Morgan fingerprint density at radius 3 is 2.50 bits per heavy atom. The molecule has 0 aliphatic heterocycles. The molecule has 0 aliphatic carbocycles. The van der Waals surface area contributed by atoms with Gasteiger partial charge < -0.3 is 4.74 Å². The number of methoxy groups -OCH3 is 1. The Bertz CT molecular complexity index is 517. The van der Waals surface area contributed by atoms with Gasteiger partial charge in [-0.05, 0) is 11.6 Å². The smallest absolute Gasteiger partial charge is 0.306 e. The molecule has 0 atom stereocenters. The number of carbonyl (C=O) groups is 1. The van der Waals surface area contributed by atoms with Crippen molar-refractivity contribution >= 4 is 27.6 Å². The minimum Gasteiger partial charge on any atom is -0.469 e. The molecule has 0 amide bonds. The summed E-state index contributed by atoms with van der Waals surface area (Å²) in [6, 6.07) is 0. The van der Waals surface area contributed by atoms with Crippen molar-refractivity contribution in [2.75, 3.05) is 20.7 Å². The average molecular weight is 294 g/mol. The Balaban J connectivity index is 2.80. The van der Waals surface area contributed by atoms with E-state index >= 15 is 0 Å². The number of nitrogens with zero attached hydrogens (tertiary/aromatic N) is 3. The van der Waals surface area contributed by atoms with Gasteiger partial charge in [0.2, 0.25) is 15.3 Å². The van der Waals surface area contributed by atoms with E-state index in [-0.39, 0.29) is 23.1 Å². The van der Waals surface area contributed by atoms with Crippen LogP contribution in [0.3, 0.4) is 0 Å². The molecule has 0 aromatic carbocycles. The van der Waals surface area contributed by atoms with E-state index in [0.717, 1.165) is 16.7 Å². The number of aromatic nitrogens is 2. The van der Waals surface area contributed by atoms with Crippen LogP contribution in [0, 0.1) is 0 Å². The molecule has 0 radical (unpaired) electrons. The minimum atomic E-state index is -3.72. The molecule has 9 heteroatoms. The van der Waals surface area contributed by atoms with Crippen molar-refractivity contribution in [3.8, 4) is 0 Å². The zero-order chi connectivity index (χ0) is 13.8. The van der Waals surface area contributed by atoms with Gasteiger partial charge >= 0.3 is 5.97 Å². The Morgan fingerprint density at radius 2 is 2.00 bits per heavy atom. The second-order valence-corrected chi connectivity index (χ2v) is 5.72. The van der Waals surface area contributed by atoms with E-state index in [1.165, 1.54) is 14.2 Å². The topological polar surface area (TPSA) is 89.5 Å². The normalized spacial score (nSPS) is 11.6. The first-order chi connectivity index (χ1) is 8.37. The zero-order valence-corrected chi connectivity index (χ0v) is 11.4. The van der Waals surface area contributed by atoms with Crippen LogP contribution in [0.15, 0.2) is 17.3 Å². The van der Waals surface area contributed by atoms with E-state index < -0.39 is 16.0 Å².